The van der Waals surface area contributed by atoms with E-state index in [1.165, 1.54) is 0 Å². The molecule has 7 N–H and O–H groups in total. The molecule has 0 rings (SSSR count). The molecule has 166 valence electrons. The van der Waals surface area contributed by atoms with Gasteiger partial charge in [-0.25, -0.2) is 9.59 Å². The Morgan fingerprint density at radius 3 is 2.03 bits per heavy atom. The Morgan fingerprint density at radius 1 is 0.966 bits per heavy atom. The minimum Gasteiger partial charge on any atom is -0.481 e. The largest absolute Gasteiger partial charge is 0.481 e. The Balaban J connectivity index is 4.62. The van der Waals surface area contributed by atoms with E-state index in [-0.39, 0.29) is 36.7 Å². The van der Waals surface area contributed by atoms with Gasteiger partial charge in [0.1, 0.15) is 12.1 Å². The van der Waals surface area contributed by atoms with Crippen LogP contribution in [0.5, 0.6) is 0 Å². The third-order valence-electron chi connectivity index (χ3n) is 4.21. The number of nitrogens with two attached hydrogens (primary N) is 1. The van der Waals surface area contributed by atoms with Gasteiger partial charge in [0.05, 0.1) is 12.5 Å². The second kappa shape index (κ2) is 13.8. The lowest BCUT2D eigenvalue weighted by Crippen LogP contribution is -2.51. The van der Waals surface area contributed by atoms with Gasteiger partial charge in [-0.15, -0.1) is 0 Å². The SMILES string of the molecule is CCC(C)[C@H](N)C(=O)N[C@H](CCC(=O)N[C@H](CSCCC(=O)O)C(=O)O)C(=O)O. The average molecular weight is 435 g/mol. The number of hydrogen-bond acceptors (Lipinski definition) is 7. The molecule has 0 saturated carbocycles. The molecular formula is C17H29N3O8S. The molecule has 0 heterocycles. The van der Waals surface area contributed by atoms with Crippen LogP contribution in [0.3, 0.4) is 0 Å². The van der Waals surface area contributed by atoms with Gasteiger partial charge < -0.3 is 31.7 Å². The van der Waals surface area contributed by atoms with Crippen molar-refractivity contribution < 1.29 is 39.3 Å². The monoisotopic (exact) mass is 435 g/mol. The van der Waals surface area contributed by atoms with E-state index < -0.39 is 47.8 Å². The smallest absolute Gasteiger partial charge is 0.327 e. The van der Waals surface area contributed by atoms with Crippen molar-refractivity contribution in [2.24, 2.45) is 11.7 Å². The van der Waals surface area contributed by atoms with Crippen molar-refractivity contribution in [2.45, 2.75) is 57.7 Å². The highest BCUT2D eigenvalue weighted by Crippen LogP contribution is 2.08. The van der Waals surface area contributed by atoms with Gasteiger partial charge in [0.25, 0.3) is 0 Å². The summed E-state index contributed by atoms with van der Waals surface area (Å²) in [5.41, 5.74) is 5.76. The topological polar surface area (TPSA) is 196 Å². The van der Waals surface area contributed by atoms with Crippen LogP contribution >= 0.6 is 11.8 Å². The van der Waals surface area contributed by atoms with Crippen LogP contribution in [0.2, 0.25) is 0 Å². The molecule has 1 unspecified atom stereocenters. The molecule has 0 aliphatic heterocycles. The van der Waals surface area contributed by atoms with E-state index in [1.54, 1.807) is 6.92 Å². The summed E-state index contributed by atoms with van der Waals surface area (Å²) in [5.74, 6) is -4.94. The number of hydrogen-bond donors (Lipinski definition) is 6. The molecule has 0 aromatic carbocycles. The average Bonchev–Trinajstić information content (AvgIpc) is 2.65. The predicted molar refractivity (Wildman–Crippen MR) is 105 cm³/mol. The lowest BCUT2D eigenvalue weighted by atomic mass is 9.99. The summed E-state index contributed by atoms with van der Waals surface area (Å²) in [6, 6.07) is -3.45. The second-order valence-corrected chi connectivity index (χ2v) is 7.68. The van der Waals surface area contributed by atoms with E-state index in [1.807, 2.05) is 6.92 Å². The number of rotatable bonds is 15. The standard InChI is InChI=1S/C17H29N3O8S/c1-3-9(2)14(18)15(24)20-10(16(25)26)4-5-12(21)19-11(17(27)28)8-29-7-6-13(22)23/h9-11,14H,3-8,18H2,1-2H3,(H,19,21)(H,20,24)(H,22,23)(H,25,26)(H,27,28)/t9?,10-,11-,14+/m1/s1. The number of aliphatic carboxylic acids is 3. The van der Waals surface area contributed by atoms with Crippen molar-refractivity contribution in [3.05, 3.63) is 0 Å². The fourth-order valence-corrected chi connectivity index (χ4v) is 3.06. The van der Waals surface area contributed by atoms with Crippen LogP contribution in [0, 0.1) is 5.92 Å². The maximum Gasteiger partial charge on any atom is 0.327 e. The van der Waals surface area contributed by atoms with Crippen LogP contribution < -0.4 is 16.4 Å². The number of nitrogens with one attached hydrogen (secondary N) is 2. The van der Waals surface area contributed by atoms with Crippen LogP contribution in [0.1, 0.15) is 39.5 Å². The summed E-state index contributed by atoms with van der Waals surface area (Å²) < 4.78 is 0. The zero-order valence-electron chi connectivity index (χ0n) is 16.4. The Bertz CT molecular complexity index is 601. The first kappa shape index (κ1) is 26.7. The molecule has 4 atom stereocenters. The van der Waals surface area contributed by atoms with Crippen molar-refractivity contribution in [2.75, 3.05) is 11.5 Å². The van der Waals surface area contributed by atoms with E-state index in [9.17, 15) is 29.1 Å². The van der Waals surface area contributed by atoms with Gasteiger partial charge in [0, 0.05) is 17.9 Å². The van der Waals surface area contributed by atoms with Gasteiger partial charge in [0.2, 0.25) is 11.8 Å². The maximum absolute atomic E-state index is 12.0. The van der Waals surface area contributed by atoms with Gasteiger partial charge in [-0.3, -0.25) is 14.4 Å². The van der Waals surface area contributed by atoms with Crippen LogP contribution in [0.25, 0.3) is 0 Å². The van der Waals surface area contributed by atoms with E-state index in [4.69, 9.17) is 15.9 Å². The summed E-state index contributed by atoms with van der Waals surface area (Å²) >= 11 is 1.06. The van der Waals surface area contributed by atoms with Crippen LogP contribution in [-0.2, 0) is 24.0 Å². The summed E-state index contributed by atoms with van der Waals surface area (Å²) in [4.78, 5) is 57.0. The van der Waals surface area contributed by atoms with Crippen molar-refractivity contribution in [1.29, 1.82) is 0 Å². The second-order valence-electron chi connectivity index (χ2n) is 6.53. The lowest BCUT2D eigenvalue weighted by Gasteiger charge is -2.21. The highest BCUT2D eigenvalue weighted by Gasteiger charge is 2.27. The quantitative estimate of drug-likeness (QED) is 0.182. The Labute approximate surface area is 172 Å². The number of carbonyl (C=O) groups excluding carboxylic acids is 2. The first-order valence-electron chi connectivity index (χ1n) is 9.10. The molecule has 0 fully saturated rings. The first-order valence-corrected chi connectivity index (χ1v) is 10.2. The third-order valence-corrected chi connectivity index (χ3v) is 5.27. The zero-order valence-corrected chi connectivity index (χ0v) is 17.2. The number of carboxylic acids is 3. The van der Waals surface area contributed by atoms with E-state index in [0.29, 0.717) is 6.42 Å². The predicted octanol–water partition coefficient (Wildman–Crippen LogP) is -0.513. The summed E-state index contributed by atoms with van der Waals surface area (Å²) in [7, 11) is 0. The van der Waals surface area contributed by atoms with Crippen molar-refractivity contribution in [3.8, 4) is 0 Å². The Morgan fingerprint density at radius 2 is 1.55 bits per heavy atom. The Hall–Kier alpha value is -2.34. The molecule has 0 bridgehead atoms. The lowest BCUT2D eigenvalue weighted by molar-refractivity contribution is -0.143. The number of carbonyl (C=O) groups is 5. The van der Waals surface area contributed by atoms with Crippen LogP contribution in [0.4, 0.5) is 0 Å². The Kier molecular flexibility index (Phi) is 12.7. The molecule has 12 heteroatoms. The molecule has 0 spiro atoms. The molecule has 29 heavy (non-hydrogen) atoms. The van der Waals surface area contributed by atoms with E-state index in [0.717, 1.165) is 11.8 Å². The minimum atomic E-state index is -1.34. The van der Waals surface area contributed by atoms with Crippen molar-refractivity contribution in [1.82, 2.24) is 10.6 Å². The van der Waals surface area contributed by atoms with Crippen LogP contribution in [-0.4, -0.2) is 74.7 Å². The van der Waals surface area contributed by atoms with Gasteiger partial charge in [0.15, 0.2) is 0 Å². The van der Waals surface area contributed by atoms with E-state index >= 15 is 0 Å². The van der Waals surface area contributed by atoms with Gasteiger partial charge in [-0.1, -0.05) is 20.3 Å². The molecule has 0 saturated heterocycles. The molecule has 0 aromatic rings. The molecule has 0 aliphatic carbocycles. The van der Waals surface area contributed by atoms with Gasteiger partial charge in [-0.05, 0) is 12.3 Å². The van der Waals surface area contributed by atoms with Crippen LogP contribution in [0.15, 0.2) is 0 Å². The summed E-state index contributed by atoms with van der Waals surface area (Å²) in [5, 5.41) is 31.5. The highest BCUT2D eigenvalue weighted by atomic mass is 32.2. The molecule has 2 amide bonds. The fraction of sp³-hybridized carbons (Fsp3) is 0.706. The normalized spacial score (nSPS) is 14.9. The number of carboxylic acid groups (broad SMARTS) is 3. The molecule has 11 nitrogen and oxygen atoms in total. The highest BCUT2D eigenvalue weighted by molar-refractivity contribution is 7.99. The zero-order chi connectivity index (χ0) is 22.6. The van der Waals surface area contributed by atoms with Crippen molar-refractivity contribution >= 4 is 41.5 Å². The molecule has 0 radical (unpaired) electrons. The fourth-order valence-electron chi connectivity index (χ4n) is 2.11. The minimum absolute atomic E-state index is 0.0305. The maximum atomic E-state index is 12.0. The number of amides is 2. The molecule has 0 aliphatic rings. The van der Waals surface area contributed by atoms with Gasteiger partial charge in [-0.2, -0.15) is 11.8 Å². The van der Waals surface area contributed by atoms with Gasteiger partial charge >= 0.3 is 17.9 Å². The van der Waals surface area contributed by atoms with E-state index in [2.05, 4.69) is 10.6 Å². The third kappa shape index (κ3) is 11.3. The van der Waals surface area contributed by atoms with Crippen molar-refractivity contribution in [3.63, 3.8) is 0 Å². The molecule has 0 aromatic heterocycles. The molecular weight excluding hydrogens is 406 g/mol. The number of thioether (sulfide) groups is 1. The summed E-state index contributed by atoms with van der Waals surface area (Å²) in [6.45, 7) is 3.60. The summed E-state index contributed by atoms with van der Waals surface area (Å²) in [6.07, 6.45) is -0.0580. The first-order chi connectivity index (χ1) is 13.5.